The van der Waals surface area contributed by atoms with Crippen LogP contribution in [0.4, 0.5) is 11.4 Å². The van der Waals surface area contributed by atoms with E-state index in [-0.39, 0.29) is 19.0 Å². The van der Waals surface area contributed by atoms with E-state index in [0.717, 1.165) is 17.7 Å². The summed E-state index contributed by atoms with van der Waals surface area (Å²) in [6.45, 7) is 0.830. The average Bonchev–Trinajstić information content (AvgIpc) is 3.28. The van der Waals surface area contributed by atoms with Gasteiger partial charge in [0.15, 0.2) is 17.6 Å². The van der Waals surface area contributed by atoms with Crippen molar-refractivity contribution >= 4 is 33.3 Å². The third-order valence-corrected chi connectivity index (χ3v) is 6.13. The van der Waals surface area contributed by atoms with Gasteiger partial charge < -0.3 is 24.8 Å². The van der Waals surface area contributed by atoms with Crippen LogP contribution in [0.3, 0.4) is 0 Å². The standard InChI is InChI=1S/C20H22N4O9S/c1-12(20(26)22-9-13-3-6-17-18(7-13)32-11-31-17)33-19(25)10-23-34(29,30)14-4-5-15(21-2)16(8-14)24(27)28/h3-8,12,21,23H,9-11H2,1-2H3,(H,22,26). The number of ether oxygens (including phenoxy) is 3. The highest BCUT2D eigenvalue weighted by molar-refractivity contribution is 7.89. The lowest BCUT2D eigenvalue weighted by Gasteiger charge is -2.14. The number of hydrogen-bond donors (Lipinski definition) is 3. The molecule has 3 rings (SSSR count). The van der Waals surface area contributed by atoms with Crippen molar-refractivity contribution in [1.82, 2.24) is 10.0 Å². The lowest BCUT2D eigenvalue weighted by atomic mass is 10.2. The molecular weight excluding hydrogens is 472 g/mol. The monoisotopic (exact) mass is 494 g/mol. The van der Waals surface area contributed by atoms with Crippen LogP contribution in [-0.4, -0.2) is 51.7 Å². The molecule has 1 heterocycles. The molecular formula is C20H22N4O9S. The van der Waals surface area contributed by atoms with Gasteiger partial charge >= 0.3 is 5.97 Å². The van der Waals surface area contributed by atoms with Gasteiger partial charge in [0, 0.05) is 19.7 Å². The van der Waals surface area contributed by atoms with Gasteiger partial charge in [-0.3, -0.25) is 19.7 Å². The van der Waals surface area contributed by atoms with Crippen molar-refractivity contribution in [3.63, 3.8) is 0 Å². The number of esters is 1. The number of carbonyl (C=O) groups excluding carboxylic acids is 2. The number of carbonyl (C=O) groups is 2. The van der Waals surface area contributed by atoms with E-state index < -0.39 is 50.1 Å². The van der Waals surface area contributed by atoms with E-state index in [4.69, 9.17) is 14.2 Å². The predicted octanol–water partition coefficient (Wildman–Crippen LogP) is 0.892. The molecule has 1 amide bonds. The van der Waals surface area contributed by atoms with E-state index in [1.54, 1.807) is 18.2 Å². The van der Waals surface area contributed by atoms with E-state index in [1.807, 2.05) is 4.72 Å². The summed E-state index contributed by atoms with van der Waals surface area (Å²) < 4.78 is 42.3. The molecule has 1 atom stereocenters. The Balaban J connectivity index is 1.51. The lowest BCUT2D eigenvalue weighted by molar-refractivity contribution is -0.384. The molecule has 0 saturated heterocycles. The molecule has 182 valence electrons. The van der Waals surface area contributed by atoms with Crippen LogP contribution >= 0.6 is 0 Å². The number of sulfonamides is 1. The Bertz CT molecular complexity index is 1220. The Hall–Kier alpha value is -3.91. The fraction of sp³-hybridized carbons (Fsp3) is 0.300. The van der Waals surface area contributed by atoms with Crippen LogP contribution in [0.1, 0.15) is 12.5 Å². The number of benzene rings is 2. The fourth-order valence-corrected chi connectivity index (χ4v) is 3.94. The van der Waals surface area contributed by atoms with Crippen molar-refractivity contribution in [1.29, 1.82) is 0 Å². The lowest BCUT2D eigenvalue weighted by Crippen LogP contribution is -2.38. The molecule has 1 unspecified atom stereocenters. The zero-order chi connectivity index (χ0) is 24.9. The maximum Gasteiger partial charge on any atom is 0.321 e. The third-order valence-electron chi connectivity index (χ3n) is 4.73. The number of nitrogens with one attached hydrogen (secondary N) is 3. The molecule has 0 saturated carbocycles. The summed E-state index contributed by atoms with van der Waals surface area (Å²) in [5, 5.41) is 16.3. The maximum absolute atomic E-state index is 12.4. The molecule has 0 bridgehead atoms. The summed E-state index contributed by atoms with van der Waals surface area (Å²) in [7, 11) is -2.79. The molecule has 2 aromatic rings. The first-order chi connectivity index (χ1) is 16.1. The van der Waals surface area contributed by atoms with Gasteiger partial charge in [-0.1, -0.05) is 6.07 Å². The van der Waals surface area contributed by atoms with Crippen LogP contribution in [0.25, 0.3) is 0 Å². The van der Waals surface area contributed by atoms with Crippen LogP contribution < -0.4 is 24.8 Å². The van der Waals surface area contributed by atoms with E-state index in [0.29, 0.717) is 11.5 Å². The van der Waals surface area contributed by atoms with Gasteiger partial charge in [-0.05, 0) is 36.8 Å². The van der Waals surface area contributed by atoms with E-state index in [2.05, 4.69) is 10.6 Å². The van der Waals surface area contributed by atoms with Gasteiger partial charge in [-0.25, -0.2) is 8.42 Å². The Kier molecular flexibility index (Phi) is 7.53. The zero-order valence-corrected chi connectivity index (χ0v) is 19.0. The predicted molar refractivity (Wildman–Crippen MR) is 118 cm³/mol. The summed E-state index contributed by atoms with van der Waals surface area (Å²) in [4.78, 5) is 34.2. The Morgan fingerprint density at radius 2 is 1.91 bits per heavy atom. The molecule has 34 heavy (non-hydrogen) atoms. The van der Waals surface area contributed by atoms with Gasteiger partial charge in [-0.15, -0.1) is 0 Å². The van der Waals surface area contributed by atoms with Crippen LogP contribution in [0, 0.1) is 10.1 Å². The average molecular weight is 494 g/mol. The quantitative estimate of drug-likeness (QED) is 0.244. The first-order valence-corrected chi connectivity index (χ1v) is 11.4. The molecule has 0 fully saturated rings. The molecule has 3 N–H and O–H groups in total. The van der Waals surface area contributed by atoms with Gasteiger partial charge in [0.25, 0.3) is 11.6 Å². The maximum atomic E-state index is 12.4. The minimum Gasteiger partial charge on any atom is -0.454 e. The Morgan fingerprint density at radius 3 is 2.62 bits per heavy atom. The van der Waals surface area contributed by atoms with Gasteiger partial charge in [0.1, 0.15) is 12.2 Å². The number of nitro benzene ring substituents is 1. The van der Waals surface area contributed by atoms with E-state index in [9.17, 15) is 28.1 Å². The summed E-state index contributed by atoms with van der Waals surface area (Å²) in [5.74, 6) is -0.431. The van der Waals surface area contributed by atoms with Gasteiger partial charge in [-0.2, -0.15) is 4.72 Å². The summed E-state index contributed by atoms with van der Waals surface area (Å²) >= 11 is 0. The number of fused-ring (bicyclic) bond motifs is 1. The molecule has 0 aliphatic carbocycles. The first-order valence-electron chi connectivity index (χ1n) is 9.92. The zero-order valence-electron chi connectivity index (χ0n) is 18.2. The first kappa shape index (κ1) is 24.7. The van der Waals surface area contributed by atoms with E-state index in [1.165, 1.54) is 20.0 Å². The number of hydrogen-bond acceptors (Lipinski definition) is 10. The van der Waals surface area contributed by atoms with Crippen molar-refractivity contribution in [3.8, 4) is 11.5 Å². The number of rotatable bonds is 10. The molecule has 1 aliphatic heterocycles. The normalized spacial score (nSPS) is 13.1. The van der Waals surface area contributed by atoms with Gasteiger partial charge in [0.2, 0.25) is 16.8 Å². The van der Waals surface area contributed by atoms with Crippen molar-refractivity contribution in [2.75, 3.05) is 25.7 Å². The number of anilines is 1. The van der Waals surface area contributed by atoms with Crippen LogP contribution in [0.15, 0.2) is 41.3 Å². The summed E-state index contributed by atoms with van der Waals surface area (Å²) in [6, 6.07) is 8.41. The number of amides is 1. The highest BCUT2D eigenvalue weighted by Gasteiger charge is 2.23. The molecule has 0 aromatic heterocycles. The second kappa shape index (κ2) is 10.4. The van der Waals surface area contributed by atoms with Crippen LogP contribution in [0.2, 0.25) is 0 Å². The van der Waals surface area contributed by atoms with Crippen molar-refractivity contribution in [2.24, 2.45) is 0 Å². The van der Waals surface area contributed by atoms with Gasteiger partial charge in [0.05, 0.1) is 9.82 Å². The third kappa shape index (κ3) is 5.90. The van der Waals surface area contributed by atoms with E-state index >= 15 is 0 Å². The van der Waals surface area contributed by atoms with Crippen LogP contribution in [-0.2, 0) is 30.9 Å². The second-order valence-corrected chi connectivity index (χ2v) is 8.82. The SMILES string of the molecule is CNc1ccc(S(=O)(=O)NCC(=O)OC(C)C(=O)NCc2ccc3c(c2)OCO3)cc1[N+](=O)[O-]. The number of nitro groups is 1. The highest BCUT2D eigenvalue weighted by atomic mass is 32.2. The largest absolute Gasteiger partial charge is 0.454 e. The molecule has 2 aromatic carbocycles. The smallest absolute Gasteiger partial charge is 0.321 e. The molecule has 14 heteroatoms. The van der Waals surface area contributed by atoms with Crippen molar-refractivity contribution in [2.45, 2.75) is 24.5 Å². The second-order valence-electron chi connectivity index (χ2n) is 7.05. The molecule has 0 radical (unpaired) electrons. The summed E-state index contributed by atoms with van der Waals surface area (Å²) in [6.07, 6.45) is -1.19. The van der Waals surface area contributed by atoms with Crippen LogP contribution in [0.5, 0.6) is 11.5 Å². The Labute approximate surface area is 194 Å². The Morgan fingerprint density at radius 1 is 1.18 bits per heavy atom. The molecule has 13 nitrogen and oxygen atoms in total. The minimum absolute atomic E-state index is 0.125. The number of nitrogens with zero attached hydrogens (tertiary/aromatic N) is 1. The van der Waals surface area contributed by atoms with Crippen molar-refractivity contribution in [3.05, 3.63) is 52.1 Å². The minimum atomic E-state index is -4.25. The highest BCUT2D eigenvalue weighted by Crippen LogP contribution is 2.32. The topological polar surface area (TPSA) is 175 Å². The molecule has 0 spiro atoms. The molecule has 1 aliphatic rings. The summed E-state index contributed by atoms with van der Waals surface area (Å²) in [5.41, 5.74) is 0.423. The fourth-order valence-electron chi connectivity index (χ4n) is 2.95. The van der Waals surface area contributed by atoms with Crippen molar-refractivity contribution < 1.29 is 37.1 Å².